The number of para-hydroxylation sites is 1. The Morgan fingerprint density at radius 1 is 1.12 bits per heavy atom. The van der Waals surface area contributed by atoms with Crippen molar-refractivity contribution >= 4 is 29.7 Å². The van der Waals surface area contributed by atoms with Gasteiger partial charge in [-0.25, -0.2) is 10.3 Å². The summed E-state index contributed by atoms with van der Waals surface area (Å²) in [5.41, 5.74) is 2.43. The van der Waals surface area contributed by atoms with Gasteiger partial charge in [-0.05, 0) is 37.0 Å². The lowest BCUT2D eigenvalue weighted by Gasteiger charge is -2.36. The molecule has 0 aliphatic carbocycles. The Hall–Kier alpha value is -2.87. The maximum absolute atomic E-state index is 13.1. The second-order valence-corrected chi connectivity index (χ2v) is 6.62. The Kier molecular flexibility index (Phi) is 4.94. The molecule has 0 atom stereocenters. The first-order valence-corrected chi connectivity index (χ1v) is 8.48. The van der Waals surface area contributed by atoms with Gasteiger partial charge in [0.25, 0.3) is 5.91 Å². The molecule has 0 radical (unpaired) electrons. The Morgan fingerprint density at radius 3 is 2.42 bits per heavy atom. The fourth-order valence-corrected chi connectivity index (χ4v) is 3.72. The minimum Gasteiger partial charge on any atom is -0.465 e. The highest BCUT2D eigenvalue weighted by atomic mass is 16.5. The van der Waals surface area contributed by atoms with Crippen molar-refractivity contribution < 1.29 is 24.7 Å². The summed E-state index contributed by atoms with van der Waals surface area (Å²) >= 11 is 0. The van der Waals surface area contributed by atoms with E-state index in [9.17, 15) is 14.4 Å². The lowest BCUT2D eigenvalue weighted by molar-refractivity contribution is -0.127. The summed E-state index contributed by atoms with van der Waals surface area (Å²) in [5.74, 6) is -0.639. The lowest BCUT2D eigenvalue weighted by Crippen LogP contribution is -2.46. The van der Waals surface area contributed by atoms with Crippen LogP contribution >= 0.6 is 0 Å². The highest BCUT2D eigenvalue weighted by molar-refractivity contribution is 6.02. The number of amides is 3. The normalized spacial score (nSPS) is 19.3. The molecule has 2 heterocycles. The molecular formula is C18H21N3O5. The number of nitrogens with one attached hydrogen (secondary N) is 1. The second kappa shape index (κ2) is 7.17. The lowest BCUT2D eigenvalue weighted by atomic mass is 9.77. The van der Waals surface area contributed by atoms with Gasteiger partial charge < -0.3 is 14.9 Å². The van der Waals surface area contributed by atoms with Gasteiger partial charge in [-0.15, -0.1) is 0 Å². The maximum Gasteiger partial charge on any atom is 0.407 e. The fraction of sp³-hybridized carbons (Fsp3) is 0.389. The average molecular weight is 359 g/mol. The summed E-state index contributed by atoms with van der Waals surface area (Å²) in [6.45, 7) is 1.29. The number of hydrogen-bond donors (Lipinski definition) is 3. The smallest absolute Gasteiger partial charge is 0.407 e. The summed E-state index contributed by atoms with van der Waals surface area (Å²) < 4.78 is 0. The number of likely N-dealkylation sites (tertiary alicyclic amines) is 1. The summed E-state index contributed by atoms with van der Waals surface area (Å²) in [7, 11) is 0. The Labute approximate surface area is 150 Å². The number of carboxylic acid groups (broad SMARTS) is 1. The van der Waals surface area contributed by atoms with Crippen molar-refractivity contribution in [3.05, 3.63) is 35.9 Å². The third-order valence-corrected chi connectivity index (χ3v) is 5.26. The van der Waals surface area contributed by atoms with E-state index in [-0.39, 0.29) is 5.91 Å². The maximum atomic E-state index is 13.1. The van der Waals surface area contributed by atoms with Crippen LogP contribution in [0, 0.1) is 5.41 Å². The van der Waals surface area contributed by atoms with E-state index < -0.39 is 17.4 Å². The summed E-state index contributed by atoms with van der Waals surface area (Å²) in [6.07, 6.45) is 3.54. The van der Waals surface area contributed by atoms with E-state index in [2.05, 4.69) is 0 Å². The van der Waals surface area contributed by atoms with Gasteiger partial charge in [-0.2, -0.15) is 0 Å². The Bertz CT molecular complexity index is 753. The van der Waals surface area contributed by atoms with Crippen LogP contribution in [-0.2, 0) is 9.59 Å². The third kappa shape index (κ3) is 3.28. The zero-order chi connectivity index (χ0) is 18.7. The molecular weight excluding hydrogens is 338 g/mol. The first-order valence-electron chi connectivity index (χ1n) is 8.48. The van der Waals surface area contributed by atoms with Gasteiger partial charge in [-0.1, -0.05) is 18.2 Å². The van der Waals surface area contributed by atoms with Crippen LogP contribution in [0.5, 0.6) is 0 Å². The van der Waals surface area contributed by atoms with Crippen LogP contribution in [0.3, 0.4) is 0 Å². The van der Waals surface area contributed by atoms with Crippen LogP contribution in [0.1, 0.15) is 24.8 Å². The van der Waals surface area contributed by atoms with Crippen LogP contribution in [-0.4, -0.2) is 52.8 Å². The monoisotopic (exact) mass is 359 g/mol. The molecule has 3 N–H and O–H groups in total. The van der Waals surface area contributed by atoms with E-state index in [1.807, 2.05) is 18.2 Å². The van der Waals surface area contributed by atoms with Gasteiger partial charge in [0.15, 0.2) is 0 Å². The average Bonchev–Trinajstić information content (AvgIpc) is 2.96. The van der Waals surface area contributed by atoms with Crippen molar-refractivity contribution in [1.82, 2.24) is 10.4 Å². The molecule has 0 saturated carbocycles. The molecule has 3 amide bonds. The summed E-state index contributed by atoms with van der Waals surface area (Å²) in [5, 5.41) is 17.7. The predicted octanol–water partition coefficient (Wildman–Crippen LogP) is 1.70. The molecule has 8 heteroatoms. The van der Waals surface area contributed by atoms with Gasteiger partial charge >= 0.3 is 6.09 Å². The van der Waals surface area contributed by atoms with Gasteiger partial charge in [-0.3, -0.25) is 14.8 Å². The molecule has 0 bridgehead atoms. The van der Waals surface area contributed by atoms with Crippen molar-refractivity contribution in [1.29, 1.82) is 0 Å². The molecule has 2 aliphatic heterocycles. The standard InChI is InChI=1S/C18H21N3O5/c22-15(19-26)6-5-13-3-1-2-4-14(13)21-12-9-18(16(21)23)7-10-20(11-8-18)17(24)25/h1-6,26H,7-12H2,(H,19,22)(H,24,25). The number of piperidine rings is 1. The minimum atomic E-state index is -0.945. The van der Waals surface area contributed by atoms with E-state index in [1.54, 1.807) is 17.0 Å². The number of benzene rings is 1. The summed E-state index contributed by atoms with van der Waals surface area (Å²) in [4.78, 5) is 38.5. The van der Waals surface area contributed by atoms with Gasteiger partial charge in [0.05, 0.1) is 11.1 Å². The van der Waals surface area contributed by atoms with E-state index in [1.165, 1.54) is 16.5 Å². The molecule has 3 rings (SSSR count). The molecule has 2 aliphatic rings. The van der Waals surface area contributed by atoms with Crippen molar-refractivity contribution in [3.8, 4) is 0 Å². The number of hydroxylamine groups is 1. The van der Waals surface area contributed by atoms with E-state index >= 15 is 0 Å². The third-order valence-electron chi connectivity index (χ3n) is 5.26. The van der Waals surface area contributed by atoms with E-state index in [0.717, 1.165) is 0 Å². The van der Waals surface area contributed by atoms with Crippen LogP contribution in [0.4, 0.5) is 10.5 Å². The SMILES string of the molecule is O=C(C=Cc1ccccc1N1CCC2(CCN(C(=O)O)CC2)C1=O)NO. The Balaban J connectivity index is 1.80. The van der Waals surface area contributed by atoms with Crippen molar-refractivity contribution in [2.24, 2.45) is 5.41 Å². The van der Waals surface area contributed by atoms with Crippen LogP contribution < -0.4 is 10.4 Å². The first kappa shape index (κ1) is 17.9. The molecule has 1 spiro atoms. The number of anilines is 1. The predicted molar refractivity (Wildman–Crippen MR) is 93.6 cm³/mol. The number of rotatable bonds is 3. The van der Waals surface area contributed by atoms with Crippen LogP contribution in [0.15, 0.2) is 30.3 Å². The van der Waals surface area contributed by atoms with Gasteiger partial charge in [0, 0.05) is 25.7 Å². The molecule has 26 heavy (non-hydrogen) atoms. The molecule has 2 saturated heterocycles. The molecule has 1 aromatic carbocycles. The highest BCUT2D eigenvalue weighted by Gasteiger charge is 2.49. The van der Waals surface area contributed by atoms with Gasteiger partial charge in [0.1, 0.15) is 0 Å². The molecule has 0 aromatic heterocycles. The van der Waals surface area contributed by atoms with E-state index in [0.29, 0.717) is 50.1 Å². The molecule has 8 nitrogen and oxygen atoms in total. The fourth-order valence-electron chi connectivity index (χ4n) is 3.72. The van der Waals surface area contributed by atoms with Crippen molar-refractivity contribution in [2.75, 3.05) is 24.5 Å². The largest absolute Gasteiger partial charge is 0.465 e. The quantitative estimate of drug-likeness (QED) is 0.432. The number of hydrogen-bond acceptors (Lipinski definition) is 4. The number of carbonyl (C=O) groups is 3. The minimum absolute atomic E-state index is 0.00926. The zero-order valence-corrected chi connectivity index (χ0v) is 14.2. The topological polar surface area (TPSA) is 110 Å². The Morgan fingerprint density at radius 2 is 1.77 bits per heavy atom. The number of carbonyl (C=O) groups excluding carboxylic acids is 2. The molecule has 138 valence electrons. The highest BCUT2D eigenvalue weighted by Crippen LogP contribution is 2.43. The molecule has 0 unspecified atom stereocenters. The number of nitrogens with zero attached hydrogens (tertiary/aromatic N) is 2. The van der Waals surface area contributed by atoms with Crippen LogP contribution in [0.25, 0.3) is 6.08 Å². The van der Waals surface area contributed by atoms with Crippen LogP contribution in [0.2, 0.25) is 0 Å². The molecule has 1 aromatic rings. The van der Waals surface area contributed by atoms with Crippen molar-refractivity contribution in [3.63, 3.8) is 0 Å². The first-order chi connectivity index (χ1) is 12.5. The second-order valence-electron chi connectivity index (χ2n) is 6.62. The molecule has 2 fully saturated rings. The zero-order valence-electron chi connectivity index (χ0n) is 14.2. The summed E-state index contributed by atoms with van der Waals surface area (Å²) in [6, 6.07) is 7.24. The van der Waals surface area contributed by atoms with E-state index in [4.69, 9.17) is 10.3 Å². The van der Waals surface area contributed by atoms with Crippen molar-refractivity contribution in [2.45, 2.75) is 19.3 Å². The van der Waals surface area contributed by atoms with Gasteiger partial charge in [0.2, 0.25) is 5.91 Å².